The zero-order chi connectivity index (χ0) is 27.4. The number of H-pyrrole nitrogens is 1. The molecule has 5 rings (SSSR count). The number of hydrogen-bond acceptors (Lipinski definition) is 5. The molecule has 2 heterocycles. The number of aromatic nitrogens is 6. The third kappa shape index (κ3) is 5.36. The van der Waals surface area contributed by atoms with Crippen molar-refractivity contribution in [2.75, 3.05) is 0 Å². The van der Waals surface area contributed by atoms with E-state index in [0.29, 0.717) is 23.6 Å². The van der Waals surface area contributed by atoms with Gasteiger partial charge >= 0.3 is 5.69 Å². The van der Waals surface area contributed by atoms with Crippen molar-refractivity contribution in [1.29, 1.82) is 0 Å². The van der Waals surface area contributed by atoms with Crippen molar-refractivity contribution in [3.8, 4) is 28.2 Å². The molecule has 5 aromatic rings. The van der Waals surface area contributed by atoms with Crippen LogP contribution in [0.25, 0.3) is 28.2 Å². The fourth-order valence-corrected chi connectivity index (χ4v) is 5.05. The minimum atomic E-state index is -0.134. The van der Waals surface area contributed by atoms with Crippen molar-refractivity contribution >= 4 is 5.78 Å². The third-order valence-electron chi connectivity index (χ3n) is 7.08. The summed E-state index contributed by atoms with van der Waals surface area (Å²) in [6.45, 7) is 6.10. The van der Waals surface area contributed by atoms with Gasteiger partial charge in [0.25, 0.3) is 0 Å². The Morgan fingerprint density at radius 2 is 1.72 bits per heavy atom. The van der Waals surface area contributed by atoms with E-state index < -0.39 is 0 Å². The average Bonchev–Trinajstić information content (AvgIpc) is 3.58. The highest BCUT2D eigenvalue weighted by Gasteiger charge is 2.19. The van der Waals surface area contributed by atoms with Crippen LogP contribution in [0.3, 0.4) is 0 Å². The van der Waals surface area contributed by atoms with Gasteiger partial charge in [-0.1, -0.05) is 80.4 Å². The minimum Gasteiger partial charge on any atom is -0.294 e. The second-order valence-corrected chi connectivity index (χ2v) is 9.82. The first kappa shape index (κ1) is 26.0. The van der Waals surface area contributed by atoms with Crippen LogP contribution in [-0.4, -0.2) is 35.5 Å². The fourth-order valence-electron chi connectivity index (χ4n) is 5.05. The molecule has 1 N–H and O–H groups in total. The van der Waals surface area contributed by atoms with Gasteiger partial charge in [-0.05, 0) is 60.2 Å². The van der Waals surface area contributed by atoms with E-state index >= 15 is 0 Å². The summed E-state index contributed by atoms with van der Waals surface area (Å²) in [6.07, 6.45) is 5.91. The largest absolute Gasteiger partial charge is 0.333 e. The molecule has 0 fully saturated rings. The number of carbonyl (C=O) groups is 1. The molecule has 0 atom stereocenters. The molecule has 39 heavy (non-hydrogen) atoms. The molecule has 0 aliphatic carbocycles. The lowest BCUT2D eigenvalue weighted by Gasteiger charge is -2.11. The lowest BCUT2D eigenvalue weighted by atomic mass is 9.98. The Bertz CT molecular complexity index is 1650. The molecule has 0 saturated heterocycles. The number of Topliss-reactive ketones (excluding diaryl/α,β-unsaturated/α-hetero) is 1. The van der Waals surface area contributed by atoms with E-state index in [9.17, 15) is 9.59 Å². The SMILES string of the molecule is CCCCCc1cn(-c2c(C)cccc2C(C)=O)c(=O)n1Cc1ccc(-c2ccccc2-c2nn[nH]n2)cc1. The van der Waals surface area contributed by atoms with E-state index in [-0.39, 0.29) is 11.5 Å². The second-order valence-electron chi connectivity index (χ2n) is 9.82. The summed E-state index contributed by atoms with van der Waals surface area (Å²) in [5.41, 5.74) is 6.89. The van der Waals surface area contributed by atoms with Crippen LogP contribution in [0.2, 0.25) is 0 Å². The highest BCUT2D eigenvalue weighted by atomic mass is 16.2. The monoisotopic (exact) mass is 520 g/mol. The van der Waals surface area contributed by atoms with Crippen molar-refractivity contribution in [2.24, 2.45) is 0 Å². The molecule has 8 nitrogen and oxygen atoms in total. The van der Waals surface area contributed by atoms with Crippen molar-refractivity contribution in [2.45, 2.75) is 53.0 Å². The summed E-state index contributed by atoms with van der Waals surface area (Å²) in [6, 6.07) is 21.7. The van der Waals surface area contributed by atoms with Crippen LogP contribution in [0, 0.1) is 6.92 Å². The highest BCUT2D eigenvalue weighted by molar-refractivity contribution is 5.98. The standard InChI is InChI=1S/C31H32N6O2/c1-4-5-6-11-25-20-37(29-21(2)10-9-14-26(29)22(3)38)31(39)36(25)19-23-15-17-24(18-16-23)27-12-7-8-13-28(27)30-32-34-35-33-30/h7-10,12-18,20H,4-6,11,19H2,1-3H3,(H,32,33,34,35). The quantitative estimate of drug-likeness (QED) is 0.186. The number of benzene rings is 3. The molecule has 0 aliphatic heterocycles. The number of ketones is 1. The Morgan fingerprint density at radius 3 is 2.41 bits per heavy atom. The number of nitrogens with zero attached hydrogens (tertiary/aromatic N) is 5. The van der Waals surface area contributed by atoms with Crippen molar-refractivity contribution in [3.05, 3.63) is 106 Å². The molecule has 8 heteroatoms. The van der Waals surface area contributed by atoms with Gasteiger partial charge in [-0.3, -0.25) is 13.9 Å². The van der Waals surface area contributed by atoms with E-state index in [2.05, 4.69) is 51.8 Å². The maximum atomic E-state index is 13.8. The minimum absolute atomic E-state index is 0.0578. The number of imidazole rings is 1. The van der Waals surface area contributed by atoms with Gasteiger partial charge in [0.05, 0.1) is 12.2 Å². The van der Waals surface area contributed by atoms with Crippen molar-refractivity contribution < 1.29 is 4.79 Å². The van der Waals surface area contributed by atoms with Gasteiger partial charge in [-0.2, -0.15) is 5.21 Å². The van der Waals surface area contributed by atoms with Crippen LogP contribution >= 0.6 is 0 Å². The van der Waals surface area contributed by atoms with E-state index in [4.69, 9.17) is 0 Å². The van der Waals surface area contributed by atoms with E-state index in [1.54, 1.807) is 17.6 Å². The van der Waals surface area contributed by atoms with Gasteiger partial charge in [0, 0.05) is 23.0 Å². The summed E-state index contributed by atoms with van der Waals surface area (Å²) in [4.78, 5) is 26.2. The number of nitrogens with one attached hydrogen (secondary N) is 1. The predicted octanol–water partition coefficient (Wildman–Crippen LogP) is 5.78. The number of para-hydroxylation sites is 1. The summed E-state index contributed by atoms with van der Waals surface area (Å²) in [5.74, 6) is 0.484. The molecule has 0 bridgehead atoms. The Kier molecular flexibility index (Phi) is 7.63. The molecule has 0 unspecified atom stereocenters. The van der Waals surface area contributed by atoms with Gasteiger partial charge < -0.3 is 0 Å². The normalized spacial score (nSPS) is 11.2. The zero-order valence-electron chi connectivity index (χ0n) is 22.5. The lowest BCUT2D eigenvalue weighted by molar-refractivity contribution is 0.101. The summed E-state index contributed by atoms with van der Waals surface area (Å²) in [5, 5.41) is 14.5. The fraction of sp³-hybridized carbons (Fsp3) is 0.258. The van der Waals surface area contributed by atoms with Gasteiger partial charge in [-0.25, -0.2) is 4.79 Å². The topological polar surface area (TPSA) is 98.5 Å². The lowest BCUT2D eigenvalue weighted by Crippen LogP contribution is -2.26. The number of unbranched alkanes of at least 4 members (excludes halogenated alkanes) is 2. The van der Waals surface area contributed by atoms with E-state index in [1.165, 1.54) is 0 Å². The van der Waals surface area contributed by atoms with Gasteiger partial charge in [-0.15, -0.1) is 10.2 Å². The number of hydrogen-bond donors (Lipinski definition) is 1. The van der Waals surface area contributed by atoms with Crippen LogP contribution in [0.5, 0.6) is 0 Å². The number of carbonyl (C=O) groups excluding carboxylic acids is 1. The van der Waals surface area contributed by atoms with Crippen molar-refractivity contribution in [3.63, 3.8) is 0 Å². The number of aromatic amines is 1. The molecule has 3 aromatic carbocycles. The molecule has 0 aliphatic rings. The first-order valence-corrected chi connectivity index (χ1v) is 13.3. The van der Waals surface area contributed by atoms with E-state index in [1.807, 2.05) is 54.1 Å². The van der Waals surface area contributed by atoms with Crippen LogP contribution in [-0.2, 0) is 13.0 Å². The first-order valence-electron chi connectivity index (χ1n) is 13.3. The van der Waals surface area contributed by atoms with Gasteiger partial charge in [0.1, 0.15) is 0 Å². The Hall–Kier alpha value is -4.59. The molecule has 2 aromatic heterocycles. The number of aryl methyl sites for hydroxylation is 2. The molecule has 0 saturated carbocycles. The summed E-state index contributed by atoms with van der Waals surface area (Å²) >= 11 is 0. The van der Waals surface area contributed by atoms with Crippen LogP contribution in [0.15, 0.2) is 77.7 Å². The highest BCUT2D eigenvalue weighted by Crippen LogP contribution is 2.30. The molecule has 0 amide bonds. The second kappa shape index (κ2) is 11.4. The Morgan fingerprint density at radius 1 is 0.949 bits per heavy atom. The Labute approximate surface area is 227 Å². The smallest absolute Gasteiger partial charge is 0.294 e. The van der Waals surface area contributed by atoms with Gasteiger partial charge in [0.2, 0.25) is 5.82 Å². The van der Waals surface area contributed by atoms with E-state index in [0.717, 1.165) is 59.2 Å². The maximum absolute atomic E-state index is 13.8. The number of rotatable bonds is 10. The molecular weight excluding hydrogens is 488 g/mol. The molecule has 0 spiro atoms. The molecule has 198 valence electrons. The summed E-state index contributed by atoms with van der Waals surface area (Å²) in [7, 11) is 0. The van der Waals surface area contributed by atoms with Crippen LogP contribution < -0.4 is 5.69 Å². The molecular formula is C31H32N6O2. The zero-order valence-corrected chi connectivity index (χ0v) is 22.5. The maximum Gasteiger partial charge on any atom is 0.333 e. The number of tetrazole rings is 1. The van der Waals surface area contributed by atoms with Crippen molar-refractivity contribution in [1.82, 2.24) is 29.8 Å². The first-order chi connectivity index (χ1) is 19.0. The molecule has 0 radical (unpaired) electrons. The van der Waals surface area contributed by atoms with Crippen LogP contribution in [0.4, 0.5) is 0 Å². The predicted molar refractivity (Wildman–Crippen MR) is 152 cm³/mol. The van der Waals surface area contributed by atoms with Crippen LogP contribution in [0.1, 0.15) is 60.3 Å². The Balaban J connectivity index is 1.51. The average molecular weight is 521 g/mol. The summed E-state index contributed by atoms with van der Waals surface area (Å²) < 4.78 is 3.50. The third-order valence-corrected chi connectivity index (χ3v) is 7.08. The van der Waals surface area contributed by atoms with Gasteiger partial charge in [0.15, 0.2) is 5.78 Å².